The van der Waals surface area contributed by atoms with Gasteiger partial charge in [-0.3, -0.25) is 9.69 Å². The van der Waals surface area contributed by atoms with Gasteiger partial charge in [-0.2, -0.15) is 0 Å². The summed E-state index contributed by atoms with van der Waals surface area (Å²) < 4.78 is 4.77. The highest BCUT2D eigenvalue weighted by atomic mass is 16.5. The van der Waals surface area contributed by atoms with Gasteiger partial charge in [-0.15, -0.1) is 0 Å². The van der Waals surface area contributed by atoms with E-state index in [9.17, 15) is 4.79 Å². The molecule has 0 N–H and O–H groups in total. The number of carbonyl (C=O) groups excluding carboxylic acids is 1. The van der Waals surface area contributed by atoms with Crippen LogP contribution in [0.15, 0.2) is 0 Å². The highest BCUT2D eigenvalue weighted by Gasteiger charge is 2.21. The van der Waals surface area contributed by atoms with Gasteiger partial charge in [-0.25, -0.2) is 0 Å². The Labute approximate surface area is 99.1 Å². The Morgan fingerprint density at radius 1 is 1.25 bits per heavy atom. The molecule has 1 fully saturated rings. The van der Waals surface area contributed by atoms with Gasteiger partial charge in [0.15, 0.2) is 0 Å². The van der Waals surface area contributed by atoms with Crippen LogP contribution >= 0.6 is 0 Å². The lowest BCUT2D eigenvalue weighted by atomic mass is 10.1. The van der Waals surface area contributed by atoms with Crippen molar-refractivity contribution in [2.75, 3.05) is 20.2 Å². The highest BCUT2D eigenvalue weighted by molar-refractivity contribution is 5.71. The molecule has 1 aliphatic carbocycles. The molecule has 0 heterocycles. The second-order valence-corrected chi connectivity index (χ2v) is 4.69. The summed E-state index contributed by atoms with van der Waals surface area (Å²) in [5, 5.41) is 0. The molecule has 0 amide bonds. The minimum absolute atomic E-state index is 0.0994. The molecule has 3 heteroatoms. The lowest BCUT2D eigenvalue weighted by molar-refractivity contribution is -0.142. The van der Waals surface area contributed by atoms with Crippen LogP contribution in [0.2, 0.25) is 0 Å². The van der Waals surface area contributed by atoms with Gasteiger partial charge in [0.05, 0.1) is 13.7 Å². The number of carbonyl (C=O) groups is 1. The molecule has 1 aliphatic rings. The topological polar surface area (TPSA) is 29.5 Å². The van der Waals surface area contributed by atoms with Crippen LogP contribution in [0.5, 0.6) is 0 Å². The van der Waals surface area contributed by atoms with Gasteiger partial charge >= 0.3 is 5.97 Å². The second kappa shape index (κ2) is 7.66. The molecular formula is C13H25NO2. The first kappa shape index (κ1) is 13.5. The Kier molecular flexibility index (Phi) is 6.46. The number of esters is 1. The first-order chi connectivity index (χ1) is 7.77. The Hall–Kier alpha value is -0.570. The molecule has 3 nitrogen and oxygen atoms in total. The quantitative estimate of drug-likeness (QED) is 0.534. The lowest BCUT2D eigenvalue weighted by Gasteiger charge is -2.29. The zero-order valence-electron chi connectivity index (χ0n) is 10.7. The third-order valence-electron chi connectivity index (χ3n) is 3.41. The van der Waals surface area contributed by atoms with E-state index in [-0.39, 0.29) is 5.97 Å². The molecule has 0 unspecified atom stereocenters. The standard InChI is InChI=1S/C13H25NO2/c1-3-10-14(11-13(15)16-2)12-8-6-4-5-7-9-12/h12H,3-11H2,1-2H3. The molecule has 0 aromatic rings. The largest absolute Gasteiger partial charge is 0.468 e. The summed E-state index contributed by atoms with van der Waals surface area (Å²) in [6, 6.07) is 0.599. The van der Waals surface area contributed by atoms with E-state index in [2.05, 4.69) is 11.8 Å². The summed E-state index contributed by atoms with van der Waals surface area (Å²) >= 11 is 0. The molecule has 0 atom stereocenters. The van der Waals surface area contributed by atoms with E-state index >= 15 is 0 Å². The average molecular weight is 227 g/mol. The minimum Gasteiger partial charge on any atom is -0.468 e. The van der Waals surface area contributed by atoms with Gasteiger partial charge in [0, 0.05) is 6.04 Å². The molecule has 0 radical (unpaired) electrons. The van der Waals surface area contributed by atoms with Crippen molar-refractivity contribution in [3.05, 3.63) is 0 Å². The van der Waals surface area contributed by atoms with Crippen molar-refractivity contribution in [1.29, 1.82) is 0 Å². The summed E-state index contributed by atoms with van der Waals surface area (Å²) in [6.07, 6.45) is 8.93. The summed E-state index contributed by atoms with van der Waals surface area (Å²) in [7, 11) is 1.47. The molecule has 0 bridgehead atoms. The summed E-state index contributed by atoms with van der Waals surface area (Å²) in [6.45, 7) is 3.65. The van der Waals surface area contributed by atoms with Crippen molar-refractivity contribution in [3.8, 4) is 0 Å². The van der Waals surface area contributed by atoms with Crippen LogP contribution in [-0.4, -0.2) is 37.1 Å². The molecule has 1 rings (SSSR count). The SMILES string of the molecule is CCCN(CC(=O)OC)C1CCCCCC1. The van der Waals surface area contributed by atoms with Crippen molar-refractivity contribution in [2.24, 2.45) is 0 Å². The Balaban J connectivity index is 2.48. The maximum absolute atomic E-state index is 11.4. The van der Waals surface area contributed by atoms with E-state index in [0.29, 0.717) is 12.6 Å². The second-order valence-electron chi connectivity index (χ2n) is 4.69. The van der Waals surface area contributed by atoms with Gasteiger partial charge in [0.2, 0.25) is 0 Å². The van der Waals surface area contributed by atoms with Crippen LogP contribution in [0.1, 0.15) is 51.9 Å². The Morgan fingerprint density at radius 3 is 2.38 bits per heavy atom. The van der Waals surface area contributed by atoms with E-state index in [1.54, 1.807) is 0 Å². The van der Waals surface area contributed by atoms with Crippen molar-refractivity contribution in [3.63, 3.8) is 0 Å². The van der Waals surface area contributed by atoms with Gasteiger partial charge in [0.1, 0.15) is 0 Å². The monoisotopic (exact) mass is 227 g/mol. The van der Waals surface area contributed by atoms with E-state index in [4.69, 9.17) is 4.74 Å². The van der Waals surface area contributed by atoms with Crippen molar-refractivity contribution in [2.45, 2.75) is 57.9 Å². The van der Waals surface area contributed by atoms with E-state index in [1.165, 1.54) is 45.6 Å². The molecule has 0 spiro atoms. The summed E-state index contributed by atoms with van der Waals surface area (Å²) in [5.41, 5.74) is 0. The molecule has 94 valence electrons. The highest BCUT2D eigenvalue weighted by Crippen LogP contribution is 2.22. The average Bonchev–Trinajstić information content (AvgIpc) is 2.56. The number of ether oxygens (including phenoxy) is 1. The predicted octanol–water partition coefficient (Wildman–Crippen LogP) is 2.59. The van der Waals surface area contributed by atoms with Crippen molar-refractivity contribution < 1.29 is 9.53 Å². The zero-order chi connectivity index (χ0) is 11.8. The Bertz CT molecular complexity index is 198. The van der Waals surface area contributed by atoms with Crippen LogP contribution in [0.25, 0.3) is 0 Å². The Morgan fingerprint density at radius 2 is 1.88 bits per heavy atom. The number of methoxy groups -OCH3 is 1. The van der Waals surface area contributed by atoms with Gasteiger partial charge in [0.25, 0.3) is 0 Å². The van der Waals surface area contributed by atoms with E-state index < -0.39 is 0 Å². The zero-order valence-corrected chi connectivity index (χ0v) is 10.7. The molecule has 0 aliphatic heterocycles. The number of nitrogens with zero attached hydrogens (tertiary/aromatic N) is 1. The van der Waals surface area contributed by atoms with Crippen LogP contribution < -0.4 is 0 Å². The molecule has 1 saturated carbocycles. The van der Waals surface area contributed by atoms with Crippen LogP contribution in [0, 0.1) is 0 Å². The first-order valence-electron chi connectivity index (χ1n) is 6.58. The van der Waals surface area contributed by atoms with Crippen molar-refractivity contribution in [1.82, 2.24) is 4.90 Å². The third kappa shape index (κ3) is 4.52. The van der Waals surface area contributed by atoms with Crippen LogP contribution in [-0.2, 0) is 9.53 Å². The molecule has 0 aromatic carbocycles. The maximum Gasteiger partial charge on any atom is 0.319 e. The fraction of sp³-hybridized carbons (Fsp3) is 0.923. The van der Waals surface area contributed by atoms with Crippen LogP contribution in [0.3, 0.4) is 0 Å². The smallest absolute Gasteiger partial charge is 0.319 e. The van der Waals surface area contributed by atoms with Gasteiger partial charge < -0.3 is 4.74 Å². The summed E-state index contributed by atoms with van der Waals surface area (Å²) in [4.78, 5) is 13.7. The fourth-order valence-electron chi connectivity index (χ4n) is 2.53. The number of hydrogen-bond donors (Lipinski definition) is 0. The third-order valence-corrected chi connectivity index (χ3v) is 3.41. The number of hydrogen-bond acceptors (Lipinski definition) is 3. The molecular weight excluding hydrogens is 202 g/mol. The van der Waals surface area contributed by atoms with Gasteiger partial charge in [-0.1, -0.05) is 32.6 Å². The molecule has 0 aromatic heterocycles. The normalized spacial score (nSPS) is 18.4. The maximum atomic E-state index is 11.4. The minimum atomic E-state index is -0.0994. The van der Waals surface area contributed by atoms with Crippen molar-refractivity contribution >= 4 is 5.97 Å². The van der Waals surface area contributed by atoms with Gasteiger partial charge in [-0.05, 0) is 25.8 Å². The lowest BCUT2D eigenvalue weighted by Crippen LogP contribution is -2.39. The summed E-state index contributed by atoms with van der Waals surface area (Å²) in [5.74, 6) is -0.0994. The fourth-order valence-corrected chi connectivity index (χ4v) is 2.53. The molecule has 0 saturated heterocycles. The first-order valence-corrected chi connectivity index (χ1v) is 6.58. The van der Waals surface area contributed by atoms with E-state index in [0.717, 1.165) is 13.0 Å². The number of rotatable bonds is 5. The van der Waals surface area contributed by atoms with Crippen LogP contribution in [0.4, 0.5) is 0 Å². The predicted molar refractivity (Wildman–Crippen MR) is 65.4 cm³/mol. The van der Waals surface area contributed by atoms with E-state index in [1.807, 2.05) is 0 Å². The molecule has 16 heavy (non-hydrogen) atoms.